The van der Waals surface area contributed by atoms with Gasteiger partial charge >= 0.3 is 6.03 Å². The molecule has 3 heterocycles. The number of benzene rings is 1. The molecule has 1 N–H and O–H groups in total. The summed E-state index contributed by atoms with van der Waals surface area (Å²) in [7, 11) is -2.11. The highest BCUT2D eigenvalue weighted by molar-refractivity contribution is 7.89. The lowest BCUT2D eigenvalue weighted by molar-refractivity contribution is -0.130. The molecule has 3 fully saturated rings. The van der Waals surface area contributed by atoms with E-state index in [1.165, 1.54) is 17.4 Å². The van der Waals surface area contributed by atoms with E-state index < -0.39 is 16.1 Å². The zero-order chi connectivity index (χ0) is 19.3. The summed E-state index contributed by atoms with van der Waals surface area (Å²) in [6.07, 6.45) is -0.0727. The van der Waals surface area contributed by atoms with E-state index in [0.717, 1.165) is 4.90 Å². The van der Waals surface area contributed by atoms with Crippen LogP contribution in [0.15, 0.2) is 29.2 Å². The third-order valence-corrected chi connectivity index (χ3v) is 7.76. The third-order valence-electron chi connectivity index (χ3n) is 5.69. The molecule has 1 aromatic rings. The number of nitrogens with one attached hydrogen (secondary N) is 1. The number of carbonyl (C=O) groups is 2. The lowest BCUT2D eigenvalue weighted by atomic mass is 10.0. The predicted octanol–water partition coefficient (Wildman–Crippen LogP) is 0.790. The first-order valence-electron chi connectivity index (χ1n) is 8.82. The number of nitrogens with zero attached hydrogens (tertiary/aromatic N) is 3. The van der Waals surface area contributed by atoms with Gasteiger partial charge in [-0.15, -0.1) is 0 Å². The van der Waals surface area contributed by atoms with E-state index in [4.69, 9.17) is 11.6 Å². The lowest BCUT2D eigenvalue weighted by Crippen LogP contribution is -2.59. The number of halogens is 1. The second-order valence-corrected chi connectivity index (χ2v) is 9.75. The number of fused-ring (bicyclic) bond motifs is 1. The minimum atomic E-state index is -3.57. The molecule has 27 heavy (non-hydrogen) atoms. The van der Waals surface area contributed by atoms with Gasteiger partial charge in [0.25, 0.3) is 0 Å². The normalized spacial score (nSPS) is 29.9. The van der Waals surface area contributed by atoms with Gasteiger partial charge < -0.3 is 5.32 Å². The van der Waals surface area contributed by atoms with E-state index in [-0.39, 0.29) is 35.2 Å². The molecule has 0 aliphatic carbocycles. The van der Waals surface area contributed by atoms with Gasteiger partial charge in [0.05, 0.1) is 17.5 Å². The number of sulfonamides is 1. The molecule has 10 heteroatoms. The Bertz CT molecular complexity index is 861. The Morgan fingerprint density at radius 2 is 1.78 bits per heavy atom. The van der Waals surface area contributed by atoms with Gasteiger partial charge in [-0.1, -0.05) is 17.7 Å². The number of imide groups is 1. The first-order valence-corrected chi connectivity index (χ1v) is 10.6. The minimum Gasteiger partial charge on any atom is -0.322 e. The van der Waals surface area contributed by atoms with E-state index in [1.54, 1.807) is 18.2 Å². The summed E-state index contributed by atoms with van der Waals surface area (Å²) in [6, 6.07) is 5.92. The fourth-order valence-corrected chi connectivity index (χ4v) is 6.00. The molecule has 0 spiro atoms. The van der Waals surface area contributed by atoms with Crippen molar-refractivity contribution < 1.29 is 18.0 Å². The van der Waals surface area contributed by atoms with Crippen LogP contribution in [0.1, 0.15) is 6.42 Å². The Kier molecular flexibility index (Phi) is 4.66. The number of hydrogen-bond donors (Lipinski definition) is 1. The molecule has 0 radical (unpaired) electrons. The summed E-state index contributed by atoms with van der Waals surface area (Å²) in [6.45, 7) is 2.19. The average Bonchev–Trinajstić information content (AvgIpc) is 3.18. The van der Waals surface area contributed by atoms with Crippen molar-refractivity contribution in [1.82, 2.24) is 19.4 Å². The summed E-state index contributed by atoms with van der Waals surface area (Å²) in [5.74, 6) is 0.169. The molecule has 3 aliphatic rings. The van der Waals surface area contributed by atoms with Crippen LogP contribution in [0.2, 0.25) is 5.02 Å². The highest BCUT2D eigenvalue weighted by Gasteiger charge is 2.47. The number of carbonyl (C=O) groups excluding carboxylic acids is 2. The Morgan fingerprint density at radius 1 is 1.11 bits per heavy atom. The predicted molar refractivity (Wildman–Crippen MR) is 98.5 cm³/mol. The first kappa shape index (κ1) is 18.7. The number of rotatable bonds is 3. The maximum absolute atomic E-state index is 12.9. The zero-order valence-corrected chi connectivity index (χ0v) is 16.4. The largest absolute Gasteiger partial charge is 0.325 e. The van der Waals surface area contributed by atoms with Gasteiger partial charge in [0.15, 0.2) is 0 Å². The van der Waals surface area contributed by atoms with E-state index in [0.29, 0.717) is 31.2 Å². The molecule has 3 amide bonds. The second-order valence-electron chi connectivity index (χ2n) is 7.38. The molecule has 146 valence electrons. The van der Waals surface area contributed by atoms with Crippen molar-refractivity contribution in [1.29, 1.82) is 0 Å². The second kappa shape index (κ2) is 6.73. The number of likely N-dealkylation sites (tertiary alicyclic amines) is 1. The number of urea groups is 1. The fourth-order valence-electron chi connectivity index (χ4n) is 4.14. The van der Waals surface area contributed by atoms with Crippen LogP contribution in [0, 0.1) is 11.8 Å². The van der Waals surface area contributed by atoms with Crippen molar-refractivity contribution in [3.05, 3.63) is 29.3 Å². The number of hydrogen-bond acceptors (Lipinski definition) is 5. The Balaban J connectivity index is 1.43. The Labute approximate surface area is 163 Å². The molecule has 0 aromatic heterocycles. The van der Waals surface area contributed by atoms with Crippen LogP contribution < -0.4 is 5.32 Å². The van der Waals surface area contributed by atoms with E-state index in [1.807, 2.05) is 0 Å². The van der Waals surface area contributed by atoms with Crippen molar-refractivity contribution in [2.24, 2.45) is 11.8 Å². The van der Waals surface area contributed by atoms with Crippen LogP contribution in [0.3, 0.4) is 0 Å². The van der Waals surface area contributed by atoms with Crippen molar-refractivity contribution in [2.45, 2.75) is 17.5 Å². The van der Waals surface area contributed by atoms with Gasteiger partial charge in [-0.3, -0.25) is 14.6 Å². The van der Waals surface area contributed by atoms with E-state index >= 15 is 0 Å². The van der Waals surface area contributed by atoms with E-state index in [2.05, 4.69) is 10.2 Å². The topological polar surface area (TPSA) is 90.0 Å². The van der Waals surface area contributed by atoms with Crippen LogP contribution >= 0.6 is 11.6 Å². The van der Waals surface area contributed by atoms with Gasteiger partial charge in [-0.25, -0.2) is 13.2 Å². The SMILES string of the molecule is CN1C(=O)CC(N2CC3CN(S(=O)(=O)c4cccc(Cl)c4)CC3C2)NC1=O. The van der Waals surface area contributed by atoms with Crippen molar-refractivity contribution in [3.8, 4) is 0 Å². The van der Waals surface area contributed by atoms with Crippen molar-refractivity contribution in [2.75, 3.05) is 33.2 Å². The first-order chi connectivity index (χ1) is 12.8. The van der Waals surface area contributed by atoms with Gasteiger partial charge in [-0.2, -0.15) is 4.31 Å². The quantitative estimate of drug-likeness (QED) is 0.792. The molecule has 0 bridgehead atoms. The molecule has 3 saturated heterocycles. The highest BCUT2D eigenvalue weighted by Crippen LogP contribution is 2.35. The van der Waals surface area contributed by atoms with Crippen molar-refractivity contribution >= 4 is 33.6 Å². The fraction of sp³-hybridized carbons (Fsp3) is 0.529. The molecule has 3 unspecified atom stereocenters. The smallest absolute Gasteiger partial charge is 0.322 e. The van der Waals surface area contributed by atoms with Gasteiger partial charge in [-0.05, 0) is 30.0 Å². The van der Waals surface area contributed by atoms with Crippen molar-refractivity contribution in [3.63, 3.8) is 0 Å². The Hall–Kier alpha value is -1.68. The summed E-state index contributed by atoms with van der Waals surface area (Å²) in [5, 5.41) is 3.24. The van der Waals surface area contributed by atoms with Gasteiger partial charge in [0.1, 0.15) is 0 Å². The third kappa shape index (κ3) is 3.33. The summed E-state index contributed by atoms with van der Waals surface area (Å²) >= 11 is 5.94. The minimum absolute atomic E-state index is 0.186. The summed E-state index contributed by atoms with van der Waals surface area (Å²) < 4.78 is 27.3. The van der Waals surface area contributed by atoms with E-state index in [9.17, 15) is 18.0 Å². The van der Waals surface area contributed by atoms with Gasteiger partial charge in [0.2, 0.25) is 15.9 Å². The Morgan fingerprint density at radius 3 is 2.37 bits per heavy atom. The van der Waals surface area contributed by atoms with Crippen LogP contribution in [-0.2, 0) is 14.8 Å². The summed E-state index contributed by atoms with van der Waals surface area (Å²) in [4.78, 5) is 27.2. The standard InChI is InChI=1S/C17H21ClN4O4S/c1-20-16(23)6-15(19-17(20)24)21-7-11-9-22(10-12(11)8-21)27(25,26)14-4-2-3-13(18)5-14/h2-5,11-12,15H,6-10H2,1H3,(H,19,24). The van der Waals surface area contributed by atoms with Crippen LogP contribution in [0.25, 0.3) is 0 Å². The number of amides is 3. The maximum atomic E-state index is 12.9. The van der Waals surface area contributed by atoms with Crippen LogP contribution in [0.4, 0.5) is 4.79 Å². The van der Waals surface area contributed by atoms with Gasteiger partial charge in [0, 0.05) is 38.2 Å². The van der Waals surface area contributed by atoms with Crippen LogP contribution in [-0.4, -0.2) is 73.9 Å². The highest BCUT2D eigenvalue weighted by atomic mass is 35.5. The zero-order valence-electron chi connectivity index (χ0n) is 14.8. The molecule has 8 nitrogen and oxygen atoms in total. The molecular weight excluding hydrogens is 392 g/mol. The monoisotopic (exact) mass is 412 g/mol. The molecule has 3 atom stereocenters. The van der Waals surface area contributed by atoms with Crippen LogP contribution in [0.5, 0.6) is 0 Å². The molecule has 1 aromatic carbocycles. The molecular formula is C17H21ClN4O4S. The molecule has 3 aliphatic heterocycles. The summed E-state index contributed by atoms with van der Waals surface area (Å²) in [5.41, 5.74) is 0. The maximum Gasteiger partial charge on any atom is 0.325 e. The lowest BCUT2D eigenvalue weighted by Gasteiger charge is -2.35. The molecule has 0 saturated carbocycles. The average molecular weight is 413 g/mol. The molecule has 4 rings (SSSR count).